The Morgan fingerprint density at radius 1 is 0.806 bits per heavy atom. The van der Waals surface area contributed by atoms with Gasteiger partial charge in [-0.2, -0.15) is 0 Å². The van der Waals surface area contributed by atoms with Crippen molar-refractivity contribution in [3.63, 3.8) is 0 Å². The van der Waals surface area contributed by atoms with Crippen LogP contribution in [-0.4, -0.2) is 32.0 Å². The van der Waals surface area contributed by atoms with Crippen LogP contribution in [0.2, 0.25) is 0 Å². The summed E-state index contributed by atoms with van der Waals surface area (Å²) >= 11 is 0. The summed E-state index contributed by atoms with van der Waals surface area (Å²) < 4.78 is 5.83. The first-order valence-corrected chi connectivity index (χ1v) is 10.3. The Morgan fingerprint density at radius 3 is 2.19 bits per heavy atom. The van der Waals surface area contributed by atoms with Gasteiger partial charge in [-0.1, -0.05) is 36.4 Å². The van der Waals surface area contributed by atoms with Crippen LogP contribution < -0.4 is 15.5 Å². The average Bonchev–Trinajstić information content (AvgIpc) is 3.08. The number of quaternary nitrogens is 1. The maximum atomic E-state index is 12.5. The summed E-state index contributed by atoms with van der Waals surface area (Å²) in [6.45, 7) is 4.32. The van der Waals surface area contributed by atoms with Crippen LogP contribution in [0.15, 0.2) is 65.1 Å². The zero-order valence-electron chi connectivity index (χ0n) is 17.9. The number of hydrogen-bond acceptors (Lipinski definition) is 3. The quantitative estimate of drug-likeness (QED) is 0.451. The molecule has 0 fully saturated rings. The number of carbonyl (C=O) groups excluding carboxylic acids is 2. The Kier molecular flexibility index (Phi) is 5.73. The van der Waals surface area contributed by atoms with Crippen LogP contribution in [0.3, 0.4) is 0 Å². The second-order valence-electron chi connectivity index (χ2n) is 7.98. The first-order valence-electron chi connectivity index (χ1n) is 10.3. The van der Waals surface area contributed by atoms with Crippen molar-refractivity contribution in [3.05, 3.63) is 71.8 Å². The van der Waals surface area contributed by atoms with E-state index in [0.29, 0.717) is 5.69 Å². The molecule has 0 spiro atoms. The first kappa shape index (κ1) is 20.6. The molecule has 0 saturated carbocycles. The molecule has 1 atom stereocenters. The summed E-state index contributed by atoms with van der Waals surface area (Å²) in [7, 11) is 1.83. The number of rotatable bonds is 6. The van der Waals surface area contributed by atoms with Gasteiger partial charge in [0.15, 0.2) is 13.1 Å². The standard InChI is InChI=1S/C25H25N3O3/c1-16-7-6-8-17(2)25(16)27-24(30)15-28(3)14-23(29)26-18-11-12-22-20(13-18)19-9-4-5-10-21(19)31-22/h4-13H,14-15H2,1-3H3,(H,26,29)(H,27,30)/p+1. The van der Waals surface area contributed by atoms with Crippen molar-refractivity contribution < 1.29 is 18.9 Å². The number of carbonyl (C=O) groups is 2. The normalized spacial score (nSPS) is 12.1. The molecule has 3 N–H and O–H groups in total. The van der Waals surface area contributed by atoms with Crippen molar-refractivity contribution in [1.82, 2.24) is 0 Å². The van der Waals surface area contributed by atoms with Gasteiger partial charge in [0.05, 0.1) is 7.05 Å². The second kappa shape index (κ2) is 8.62. The highest BCUT2D eigenvalue weighted by Gasteiger charge is 2.16. The Labute approximate surface area is 180 Å². The van der Waals surface area contributed by atoms with E-state index < -0.39 is 0 Å². The van der Waals surface area contributed by atoms with Crippen LogP contribution in [0.4, 0.5) is 11.4 Å². The molecule has 6 nitrogen and oxygen atoms in total. The van der Waals surface area contributed by atoms with Crippen LogP contribution >= 0.6 is 0 Å². The summed E-state index contributed by atoms with van der Waals surface area (Å²) in [4.78, 5) is 25.8. The van der Waals surface area contributed by atoms with Crippen LogP contribution in [0.1, 0.15) is 11.1 Å². The highest BCUT2D eigenvalue weighted by atomic mass is 16.3. The molecular weight excluding hydrogens is 390 g/mol. The summed E-state index contributed by atoms with van der Waals surface area (Å²) in [6.07, 6.45) is 0. The zero-order valence-corrected chi connectivity index (χ0v) is 17.9. The van der Waals surface area contributed by atoms with Crippen molar-refractivity contribution in [1.29, 1.82) is 0 Å². The fraction of sp³-hybridized carbons (Fsp3) is 0.200. The molecule has 0 bridgehead atoms. The molecule has 158 valence electrons. The van der Waals surface area contributed by atoms with Crippen molar-refractivity contribution in [3.8, 4) is 0 Å². The first-order chi connectivity index (χ1) is 14.9. The van der Waals surface area contributed by atoms with E-state index in [-0.39, 0.29) is 24.9 Å². The van der Waals surface area contributed by atoms with E-state index in [9.17, 15) is 9.59 Å². The number of aryl methyl sites for hydroxylation is 2. The van der Waals surface area contributed by atoms with E-state index in [4.69, 9.17) is 4.42 Å². The lowest BCUT2D eigenvalue weighted by molar-refractivity contribution is -0.862. The third-order valence-corrected chi connectivity index (χ3v) is 5.33. The molecule has 1 unspecified atom stereocenters. The Bertz CT molecular complexity index is 1260. The van der Waals surface area contributed by atoms with Crippen molar-refractivity contribution in [2.45, 2.75) is 13.8 Å². The molecule has 2 amide bonds. The summed E-state index contributed by atoms with van der Waals surface area (Å²) in [5.74, 6) is -0.265. The topological polar surface area (TPSA) is 75.8 Å². The van der Waals surface area contributed by atoms with E-state index in [2.05, 4.69) is 10.6 Å². The van der Waals surface area contributed by atoms with Gasteiger partial charge in [0.25, 0.3) is 11.8 Å². The number of para-hydroxylation sites is 2. The van der Waals surface area contributed by atoms with Crippen LogP contribution in [0.5, 0.6) is 0 Å². The monoisotopic (exact) mass is 416 g/mol. The van der Waals surface area contributed by atoms with Crippen molar-refractivity contribution in [2.75, 3.05) is 30.8 Å². The van der Waals surface area contributed by atoms with Crippen LogP contribution in [-0.2, 0) is 9.59 Å². The molecule has 31 heavy (non-hydrogen) atoms. The van der Waals surface area contributed by atoms with Crippen molar-refractivity contribution in [2.24, 2.45) is 0 Å². The maximum Gasteiger partial charge on any atom is 0.279 e. The molecule has 1 aromatic heterocycles. The Balaban J connectivity index is 1.37. The Hall–Kier alpha value is -3.64. The third kappa shape index (κ3) is 4.59. The van der Waals surface area contributed by atoms with Gasteiger partial charge in [0.1, 0.15) is 11.2 Å². The van der Waals surface area contributed by atoms with Gasteiger partial charge in [-0.25, -0.2) is 0 Å². The van der Waals surface area contributed by atoms with E-state index in [1.54, 1.807) is 0 Å². The highest BCUT2D eigenvalue weighted by molar-refractivity contribution is 6.07. The van der Waals surface area contributed by atoms with Crippen LogP contribution in [0, 0.1) is 13.8 Å². The van der Waals surface area contributed by atoms with Gasteiger partial charge in [0.2, 0.25) is 0 Å². The average molecular weight is 417 g/mol. The summed E-state index contributed by atoms with van der Waals surface area (Å²) in [6, 6.07) is 19.3. The van der Waals surface area contributed by atoms with E-state index in [1.807, 2.05) is 81.6 Å². The predicted molar refractivity (Wildman–Crippen MR) is 124 cm³/mol. The van der Waals surface area contributed by atoms with E-state index in [0.717, 1.165) is 43.7 Å². The van der Waals surface area contributed by atoms with Gasteiger partial charge in [-0.15, -0.1) is 0 Å². The summed E-state index contributed by atoms with van der Waals surface area (Å²) in [5, 5.41) is 7.87. The van der Waals surface area contributed by atoms with Gasteiger partial charge < -0.3 is 20.0 Å². The molecule has 0 saturated heterocycles. The molecule has 4 aromatic rings. The lowest BCUT2D eigenvalue weighted by atomic mass is 10.1. The number of benzene rings is 3. The molecular formula is C25H26N3O3+. The van der Waals surface area contributed by atoms with Crippen molar-refractivity contribution >= 4 is 45.1 Å². The molecule has 0 aliphatic rings. The molecule has 6 heteroatoms. The minimum Gasteiger partial charge on any atom is -0.456 e. The number of likely N-dealkylation sites (N-methyl/N-ethyl adjacent to an activating group) is 1. The molecule has 3 aromatic carbocycles. The molecule has 0 aliphatic carbocycles. The fourth-order valence-electron chi connectivity index (χ4n) is 3.81. The third-order valence-electron chi connectivity index (χ3n) is 5.33. The van der Waals surface area contributed by atoms with Gasteiger partial charge in [0, 0.05) is 22.1 Å². The van der Waals surface area contributed by atoms with E-state index in [1.165, 1.54) is 0 Å². The number of fused-ring (bicyclic) bond motifs is 3. The lowest BCUT2D eigenvalue weighted by Gasteiger charge is -2.15. The SMILES string of the molecule is Cc1cccc(C)c1NC(=O)C[NH+](C)CC(=O)Nc1ccc2oc3ccccc3c2c1. The predicted octanol–water partition coefficient (Wildman–Crippen LogP) is 3.29. The molecule has 0 aliphatic heterocycles. The van der Waals surface area contributed by atoms with Crippen LogP contribution in [0.25, 0.3) is 21.9 Å². The van der Waals surface area contributed by atoms with Gasteiger partial charge in [-0.3, -0.25) is 9.59 Å². The summed E-state index contributed by atoms with van der Waals surface area (Å²) in [5.41, 5.74) is 5.18. The number of anilines is 2. The number of hydrogen-bond donors (Lipinski definition) is 3. The molecule has 0 radical (unpaired) electrons. The minimum absolute atomic E-state index is 0.117. The second-order valence-corrected chi connectivity index (χ2v) is 7.98. The lowest BCUT2D eigenvalue weighted by Crippen LogP contribution is -3.11. The molecule has 4 rings (SSSR count). The zero-order chi connectivity index (χ0) is 22.0. The number of furan rings is 1. The smallest absolute Gasteiger partial charge is 0.279 e. The van der Waals surface area contributed by atoms with Gasteiger partial charge >= 0.3 is 0 Å². The van der Waals surface area contributed by atoms with Gasteiger partial charge in [-0.05, 0) is 49.2 Å². The van der Waals surface area contributed by atoms with E-state index >= 15 is 0 Å². The minimum atomic E-state index is -0.149. The highest BCUT2D eigenvalue weighted by Crippen LogP contribution is 2.30. The number of amides is 2. The molecule has 1 heterocycles. The number of nitrogens with one attached hydrogen (secondary N) is 3. The largest absolute Gasteiger partial charge is 0.456 e. The maximum absolute atomic E-state index is 12.5. The Morgan fingerprint density at radius 2 is 1.45 bits per heavy atom. The fourth-order valence-corrected chi connectivity index (χ4v) is 3.81.